The fraction of sp³-hybridized carbons (Fsp3) is 0.0196. The zero-order valence-electron chi connectivity index (χ0n) is 28.6. The van der Waals surface area contributed by atoms with Gasteiger partial charge in [-0.25, -0.2) is 0 Å². The summed E-state index contributed by atoms with van der Waals surface area (Å²) >= 11 is 0. The minimum atomic E-state index is -0.396. The summed E-state index contributed by atoms with van der Waals surface area (Å²) in [5, 5.41) is 10.2. The highest BCUT2D eigenvalue weighted by atomic mass is 16.3. The molecule has 0 fully saturated rings. The zero-order chi connectivity index (χ0) is 34.4. The number of benzene rings is 9. The molecule has 53 heavy (non-hydrogen) atoms. The van der Waals surface area contributed by atoms with Crippen molar-refractivity contribution in [2.75, 3.05) is 0 Å². The Morgan fingerprint density at radius 3 is 1.83 bits per heavy atom. The predicted octanol–water partition coefficient (Wildman–Crippen LogP) is 13.3. The van der Waals surface area contributed by atoms with Gasteiger partial charge in [-0.1, -0.05) is 127 Å². The summed E-state index contributed by atoms with van der Waals surface area (Å²) in [7, 11) is 0. The Morgan fingerprint density at radius 1 is 0.377 bits per heavy atom. The average Bonchev–Trinajstić information content (AvgIpc) is 3.93. The molecule has 2 nitrogen and oxygen atoms in total. The van der Waals surface area contributed by atoms with Crippen molar-refractivity contribution in [3.05, 3.63) is 198 Å². The Balaban J connectivity index is 1.06. The first-order chi connectivity index (χ1) is 26.3. The van der Waals surface area contributed by atoms with Gasteiger partial charge in [0.05, 0.1) is 16.4 Å². The van der Waals surface area contributed by atoms with Crippen LogP contribution in [0.25, 0.3) is 93.2 Å². The van der Waals surface area contributed by atoms with Crippen LogP contribution in [0.1, 0.15) is 22.3 Å². The van der Waals surface area contributed by atoms with Gasteiger partial charge in [0.2, 0.25) is 0 Å². The standard InChI is InChI=1S/C51H29NO/c1-4-14-41-35(11-1)36-24-23-34(29-44(36)51(41)42-15-7-9-30-19-20-31-10-8-16-43(51)50(31)49(30)42)52-45-17-5-2-12-37(45)39-27-32(21-25-46(39)52)33-22-26-48-40(28-33)38-13-3-6-18-47(38)53-48/h1-29H. The molecule has 2 heteroatoms. The molecule has 1 spiro atoms. The van der Waals surface area contributed by atoms with Crippen LogP contribution >= 0.6 is 0 Å². The van der Waals surface area contributed by atoms with Crippen molar-refractivity contribution in [1.29, 1.82) is 0 Å². The van der Waals surface area contributed by atoms with Gasteiger partial charge in [-0.15, -0.1) is 0 Å². The van der Waals surface area contributed by atoms with E-state index in [1.54, 1.807) is 0 Å². The third-order valence-electron chi connectivity index (χ3n) is 12.4. The molecule has 2 aliphatic rings. The lowest BCUT2D eigenvalue weighted by Gasteiger charge is -2.31. The summed E-state index contributed by atoms with van der Waals surface area (Å²) in [6.07, 6.45) is 0. The highest BCUT2D eigenvalue weighted by Gasteiger charge is 2.50. The highest BCUT2D eigenvalue weighted by molar-refractivity contribution is 6.18. The van der Waals surface area contributed by atoms with E-state index in [1.807, 2.05) is 12.1 Å². The minimum absolute atomic E-state index is 0.396. The van der Waals surface area contributed by atoms with Crippen molar-refractivity contribution < 1.29 is 4.42 Å². The maximum atomic E-state index is 6.16. The van der Waals surface area contributed by atoms with Crippen LogP contribution in [0.15, 0.2) is 180 Å². The van der Waals surface area contributed by atoms with Gasteiger partial charge in [0.1, 0.15) is 11.2 Å². The van der Waals surface area contributed by atoms with Gasteiger partial charge >= 0.3 is 0 Å². The fourth-order valence-corrected chi connectivity index (χ4v) is 10.2. The molecule has 11 aromatic rings. The molecule has 2 aliphatic carbocycles. The molecule has 0 atom stereocenters. The molecule has 13 rings (SSSR count). The van der Waals surface area contributed by atoms with Gasteiger partial charge < -0.3 is 8.98 Å². The van der Waals surface area contributed by atoms with Gasteiger partial charge in [-0.05, 0) is 115 Å². The first kappa shape index (κ1) is 27.8. The Kier molecular flexibility index (Phi) is 5.08. The third kappa shape index (κ3) is 3.35. The molecule has 2 aromatic heterocycles. The molecule has 2 heterocycles. The molecule has 9 aromatic carbocycles. The number of hydrogen-bond donors (Lipinski definition) is 0. The van der Waals surface area contributed by atoms with Gasteiger partial charge in [0.25, 0.3) is 0 Å². The molecule has 0 saturated carbocycles. The number of fused-ring (bicyclic) bond motifs is 13. The van der Waals surface area contributed by atoms with Crippen molar-refractivity contribution in [1.82, 2.24) is 4.57 Å². The first-order valence-electron chi connectivity index (χ1n) is 18.4. The SMILES string of the molecule is c1ccc2c(c1)-c1ccc(-n3c4ccccc4c4cc(-c5ccc6oc7ccccc7c6c5)ccc43)cc1C21c2cccc3ccc4cccc1c4c23. The summed E-state index contributed by atoms with van der Waals surface area (Å²) in [6, 6.07) is 65.4. The van der Waals surface area contributed by atoms with Crippen LogP contribution < -0.4 is 0 Å². The minimum Gasteiger partial charge on any atom is -0.456 e. The van der Waals surface area contributed by atoms with E-state index < -0.39 is 5.41 Å². The molecule has 0 amide bonds. The van der Waals surface area contributed by atoms with Crippen molar-refractivity contribution in [3.63, 3.8) is 0 Å². The van der Waals surface area contributed by atoms with Crippen LogP contribution in [0, 0.1) is 0 Å². The lowest BCUT2D eigenvalue weighted by atomic mass is 9.70. The van der Waals surface area contributed by atoms with Crippen molar-refractivity contribution in [2.45, 2.75) is 5.41 Å². The molecule has 0 unspecified atom stereocenters. The number of furan rings is 1. The Morgan fingerprint density at radius 2 is 1.00 bits per heavy atom. The van der Waals surface area contributed by atoms with E-state index in [4.69, 9.17) is 4.42 Å². The Bertz CT molecular complexity index is 3350. The van der Waals surface area contributed by atoms with Crippen molar-refractivity contribution in [2.24, 2.45) is 0 Å². The quantitative estimate of drug-likeness (QED) is 0.167. The van der Waals surface area contributed by atoms with Crippen molar-refractivity contribution in [3.8, 4) is 27.9 Å². The van der Waals surface area contributed by atoms with E-state index >= 15 is 0 Å². The van der Waals surface area contributed by atoms with E-state index in [1.165, 1.54) is 93.5 Å². The number of para-hydroxylation sites is 2. The molecule has 0 saturated heterocycles. The molecule has 0 aliphatic heterocycles. The summed E-state index contributed by atoms with van der Waals surface area (Å²) < 4.78 is 8.63. The second-order valence-corrected chi connectivity index (χ2v) is 14.8. The van der Waals surface area contributed by atoms with Crippen LogP contribution in [-0.2, 0) is 5.41 Å². The van der Waals surface area contributed by atoms with E-state index in [0.717, 1.165) is 21.9 Å². The molecular formula is C51H29NO. The monoisotopic (exact) mass is 671 g/mol. The first-order valence-corrected chi connectivity index (χ1v) is 18.4. The number of nitrogens with zero attached hydrogens (tertiary/aromatic N) is 1. The lowest BCUT2D eigenvalue weighted by molar-refractivity contribution is 0.669. The Hall–Kier alpha value is -6.90. The summed E-state index contributed by atoms with van der Waals surface area (Å²) in [6.45, 7) is 0. The maximum Gasteiger partial charge on any atom is 0.135 e. The molecule has 244 valence electrons. The molecular weight excluding hydrogens is 643 g/mol. The average molecular weight is 672 g/mol. The third-order valence-corrected chi connectivity index (χ3v) is 12.4. The number of hydrogen-bond acceptors (Lipinski definition) is 1. The lowest BCUT2D eigenvalue weighted by Crippen LogP contribution is -2.26. The summed E-state index contributed by atoms with van der Waals surface area (Å²) in [4.78, 5) is 0. The largest absolute Gasteiger partial charge is 0.456 e. The molecule has 0 bridgehead atoms. The van der Waals surface area contributed by atoms with Crippen LogP contribution in [0.2, 0.25) is 0 Å². The smallest absolute Gasteiger partial charge is 0.135 e. The van der Waals surface area contributed by atoms with Crippen LogP contribution in [0.4, 0.5) is 0 Å². The van der Waals surface area contributed by atoms with E-state index in [2.05, 4.69) is 168 Å². The number of rotatable bonds is 2. The topological polar surface area (TPSA) is 18.1 Å². The molecule has 0 N–H and O–H groups in total. The van der Waals surface area contributed by atoms with Crippen molar-refractivity contribution >= 4 is 65.3 Å². The summed E-state index contributed by atoms with van der Waals surface area (Å²) in [5.41, 5.74) is 15.6. The van der Waals surface area contributed by atoms with Gasteiger partial charge in [0, 0.05) is 27.2 Å². The summed E-state index contributed by atoms with van der Waals surface area (Å²) in [5.74, 6) is 0. The van der Waals surface area contributed by atoms with Crippen LogP contribution in [-0.4, -0.2) is 4.57 Å². The Labute approximate surface area is 304 Å². The zero-order valence-corrected chi connectivity index (χ0v) is 28.6. The predicted molar refractivity (Wildman–Crippen MR) is 219 cm³/mol. The fourth-order valence-electron chi connectivity index (χ4n) is 10.2. The van der Waals surface area contributed by atoms with Gasteiger partial charge in [0.15, 0.2) is 0 Å². The van der Waals surface area contributed by atoms with Crippen LogP contribution in [0.5, 0.6) is 0 Å². The van der Waals surface area contributed by atoms with Gasteiger partial charge in [-0.2, -0.15) is 0 Å². The van der Waals surface area contributed by atoms with Crippen LogP contribution in [0.3, 0.4) is 0 Å². The maximum absolute atomic E-state index is 6.16. The van der Waals surface area contributed by atoms with E-state index in [9.17, 15) is 0 Å². The molecule has 0 radical (unpaired) electrons. The number of aromatic nitrogens is 1. The normalized spacial score (nSPS) is 13.8. The van der Waals surface area contributed by atoms with E-state index in [0.29, 0.717) is 0 Å². The second kappa shape index (κ2) is 9.70. The highest BCUT2D eigenvalue weighted by Crippen LogP contribution is 2.62. The van der Waals surface area contributed by atoms with Gasteiger partial charge in [-0.3, -0.25) is 0 Å². The van der Waals surface area contributed by atoms with E-state index in [-0.39, 0.29) is 0 Å². The second-order valence-electron chi connectivity index (χ2n) is 14.8.